The summed E-state index contributed by atoms with van der Waals surface area (Å²) in [6, 6.07) is 5.55. The highest BCUT2D eigenvalue weighted by Gasteiger charge is 2.19. The molecule has 1 heterocycles. The summed E-state index contributed by atoms with van der Waals surface area (Å²) >= 11 is 9.98. The molecule has 0 aliphatic heterocycles. The SMILES string of the molecule is CCCC(CCC)Oc1nc(Br)c(-c2ccc(OCC)cc2Cl)nc1NC. The molecule has 1 aromatic carbocycles. The molecule has 0 aliphatic rings. The third-order valence-electron chi connectivity index (χ3n) is 4.06. The second kappa shape index (κ2) is 10.7. The molecule has 0 amide bonds. The van der Waals surface area contributed by atoms with E-state index in [1.807, 2.05) is 26.1 Å². The molecule has 0 fully saturated rings. The molecule has 0 atom stereocenters. The number of ether oxygens (including phenoxy) is 2. The topological polar surface area (TPSA) is 56.3 Å². The van der Waals surface area contributed by atoms with Gasteiger partial charge in [-0.3, -0.25) is 0 Å². The summed E-state index contributed by atoms with van der Waals surface area (Å²) in [6.07, 6.45) is 4.24. The van der Waals surface area contributed by atoms with Gasteiger partial charge in [0, 0.05) is 12.6 Å². The van der Waals surface area contributed by atoms with E-state index in [9.17, 15) is 0 Å². The molecule has 1 N–H and O–H groups in total. The zero-order chi connectivity index (χ0) is 19.8. The molecule has 0 saturated carbocycles. The van der Waals surface area contributed by atoms with Gasteiger partial charge in [-0.1, -0.05) is 38.3 Å². The van der Waals surface area contributed by atoms with Crippen molar-refractivity contribution in [2.24, 2.45) is 0 Å². The molecule has 2 aromatic rings. The van der Waals surface area contributed by atoms with Gasteiger partial charge < -0.3 is 14.8 Å². The van der Waals surface area contributed by atoms with Gasteiger partial charge in [-0.05, 0) is 53.9 Å². The number of nitrogens with zero attached hydrogens (tertiary/aromatic N) is 2. The van der Waals surface area contributed by atoms with Gasteiger partial charge in [-0.25, -0.2) is 9.97 Å². The molecule has 1 aromatic heterocycles. The first-order valence-electron chi connectivity index (χ1n) is 9.38. The van der Waals surface area contributed by atoms with E-state index in [0.717, 1.165) is 37.0 Å². The fraction of sp³-hybridized carbons (Fsp3) is 0.500. The van der Waals surface area contributed by atoms with Gasteiger partial charge in [-0.15, -0.1) is 0 Å². The van der Waals surface area contributed by atoms with Crippen molar-refractivity contribution in [2.45, 2.75) is 52.6 Å². The Morgan fingerprint density at radius 1 is 1.15 bits per heavy atom. The largest absolute Gasteiger partial charge is 0.494 e. The minimum Gasteiger partial charge on any atom is -0.494 e. The highest BCUT2D eigenvalue weighted by molar-refractivity contribution is 9.10. The van der Waals surface area contributed by atoms with Crippen molar-refractivity contribution in [3.05, 3.63) is 27.8 Å². The van der Waals surface area contributed by atoms with Crippen LogP contribution in [0.1, 0.15) is 46.5 Å². The lowest BCUT2D eigenvalue weighted by molar-refractivity contribution is 0.171. The number of hydrogen-bond donors (Lipinski definition) is 1. The monoisotopic (exact) mass is 455 g/mol. The predicted molar refractivity (Wildman–Crippen MR) is 115 cm³/mol. The molecular weight excluding hydrogens is 430 g/mol. The van der Waals surface area contributed by atoms with Gasteiger partial charge in [0.1, 0.15) is 22.2 Å². The summed E-state index contributed by atoms with van der Waals surface area (Å²) in [4.78, 5) is 9.30. The van der Waals surface area contributed by atoms with Crippen LogP contribution in [-0.2, 0) is 0 Å². The Labute approximate surface area is 175 Å². The van der Waals surface area contributed by atoms with Gasteiger partial charge >= 0.3 is 0 Å². The van der Waals surface area contributed by atoms with E-state index in [4.69, 9.17) is 26.1 Å². The quantitative estimate of drug-likeness (QED) is 0.451. The van der Waals surface area contributed by atoms with Crippen LogP contribution in [0.5, 0.6) is 11.6 Å². The first-order valence-corrected chi connectivity index (χ1v) is 10.6. The molecule has 0 bridgehead atoms. The molecule has 0 saturated heterocycles. The molecule has 0 radical (unpaired) electrons. The van der Waals surface area contributed by atoms with Gasteiger partial charge in [0.15, 0.2) is 5.82 Å². The van der Waals surface area contributed by atoms with Crippen molar-refractivity contribution in [3.63, 3.8) is 0 Å². The molecule has 148 valence electrons. The third-order valence-corrected chi connectivity index (χ3v) is 4.93. The Balaban J connectivity index is 2.38. The van der Waals surface area contributed by atoms with E-state index in [1.165, 1.54) is 0 Å². The third kappa shape index (κ3) is 5.72. The van der Waals surface area contributed by atoms with E-state index in [1.54, 1.807) is 6.07 Å². The zero-order valence-electron chi connectivity index (χ0n) is 16.3. The van der Waals surface area contributed by atoms with Crippen LogP contribution in [-0.4, -0.2) is 29.7 Å². The van der Waals surface area contributed by atoms with E-state index in [2.05, 4.69) is 40.1 Å². The summed E-state index contributed by atoms with van der Waals surface area (Å²) < 4.78 is 12.2. The first-order chi connectivity index (χ1) is 13.0. The zero-order valence-corrected chi connectivity index (χ0v) is 18.7. The standard InChI is InChI=1S/C20H27BrClN3O2/c1-5-8-13(9-6-2)27-20-19(23-4)24-17(18(21)25-20)15-11-10-14(26-7-3)12-16(15)22/h10-13H,5-9H2,1-4H3,(H,23,24). The van der Waals surface area contributed by atoms with Gasteiger partial charge in [0.2, 0.25) is 0 Å². The number of rotatable bonds is 10. The highest BCUT2D eigenvalue weighted by Crippen LogP contribution is 2.36. The first kappa shape index (κ1) is 21.8. The Bertz CT molecular complexity index is 752. The lowest BCUT2D eigenvalue weighted by Crippen LogP contribution is -2.18. The van der Waals surface area contributed by atoms with Crippen LogP contribution in [0.15, 0.2) is 22.8 Å². The number of nitrogens with one attached hydrogen (secondary N) is 1. The summed E-state index contributed by atoms with van der Waals surface area (Å²) in [5.41, 5.74) is 1.43. The number of hydrogen-bond acceptors (Lipinski definition) is 5. The normalized spacial score (nSPS) is 10.9. The second-order valence-corrected chi connectivity index (χ2v) is 7.32. The smallest absolute Gasteiger partial charge is 0.258 e. The molecule has 7 heteroatoms. The Hall–Kier alpha value is -1.53. The molecule has 5 nitrogen and oxygen atoms in total. The Morgan fingerprint density at radius 3 is 2.41 bits per heavy atom. The van der Waals surface area contributed by atoms with Crippen LogP contribution in [0.4, 0.5) is 5.82 Å². The molecule has 27 heavy (non-hydrogen) atoms. The highest BCUT2D eigenvalue weighted by atomic mass is 79.9. The number of anilines is 1. The summed E-state index contributed by atoms with van der Waals surface area (Å²) in [5, 5.41) is 3.64. The molecule has 2 rings (SSSR count). The maximum Gasteiger partial charge on any atom is 0.258 e. The van der Waals surface area contributed by atoms with Crippen molar-refractivity contribution in [2.75, 3.05) is 19.0 Å². The van der Waals surface area contributed by atoms with E-state index in [-0.39, 0.29) is 6.10 Å². The van der Waals surface area contributed by atoms with Crippen LogP contribution >= 0.6 is 27.5 Å². The van der Waals surface area contributed by atoms with E-state index < -0.39 is 0 Å². The van der Waals surface area contributed by atoms with Gasteiger partial charge in [-0.2, -0.15) is 0 Å². The van der Waals surface area contributed by atoms with Crippen LogP contribution in [0, 0.1) is 0 Å². The van der Waals surface area contributed by atoms with Gasteiger partial charge in [0.25, 0.3) is 5.88 Å². The van der Waals surface area contributed by atoms with E-state index in [0.29, 0.717) is 33.6 Å². The van der Waals surface area contributed by atoms with Crippen molar-refractivity contribution in [3.8, 4) is 22.9 Å². The van der Waals surface area contributed by atoms with Crippen molar-refractivity contribution in [1.82, 2.24) is 9.97 Å². The molecule has 0 aliphatic carbocycles. The Kier molecular flexibility index (Phi) is 8.64. The number of halogens is 2. The number of benzene rings is 1. The fourth-order valence-electron chi connectivity index (χ4n) is 2.83. The predicted octanol–water partition coefficient (Wildman–Crippen LogP) is 6.35. The summed E-state index contributed by atoms with van der Waals surface area (Å²) in [6.45, 7) is 6.84. The average molecular weight is 457 g/mol. The van der Waals surface area contributed by atoms with E-state index >= 15 is 0 Å². The van der Waals surface area contributed by atoms with Crippen LogP contribution < -0.4 is 14.8 Å². The summed E-state index contributed by atoms with van der Waals surface area (Å²) in [7, 11) is 1.81. The van der Waals surface area contributed by atoms with Crippen LogP contribution in [0.25, 0.3) is 11.3 Å². The number of aromatic nitrogens is 2. The van der Waals surface area contributed by atoms with Gasteiger partial charge in [0.05, 0.1) is 11.6 Å². The van der Waals surface area contributed by atoms with Crippen LogP contribution in [0.3, 0.4) is 0 Å². The molecular formula is C20H27BrClN3O2. The maximum atomic E-state index is 6.45. The minimum absolute atomic E-state index is 0.133. The fourth-order valence-corrected chi connectivity index (χ4v) is 3.55. The minimum atomic E-state index is 0.133. The van der Waals surface area contributed by atoms with Crippen molar-refractivity contribution in [1.29, 1.82) is 0 Å². The Morgan fingerprint density at radius 2 is 1.85 bits per heavy atom. The lowest BCUT2D eigenvalue weighted by Gasteiger charge is -2.20. The average Bonchev–Trinajstić information content (AvgIpc) is 2.63. The maximum absolute atomic E-state index is 6.45. The second-order valence-electron chi connectivity index (χ2n) is 6.16. The van der Waals surface area contributed by atoms with Crippen LogP contribution in [0.2, 0.25) is 5.02 Å². The molecule has 0 spiro atoms. The van der Waals surface area contributed by atoms with Crippen molar-refractivity contribution >= 4 is 33.3 Å². The van der Waals surface area contributed by atoms with Crippen molar-refractivity contribution < 1.29 is 9.47 Å². The lowest BCUT2D eigenvalue weighted by atomic mass is 10.1. The molecule has 0 unspecified atom stereocenters. The summed E-state index contributed by atoms with van der Waals surface area (Å²) in [5.74, 6) is 1.82.